The Bertz CT molecular complexity index is 3340. The molecule has 0 aliphatic heterocycles. The van der Waals surface area contributed by atoms with Crippen molar-refractivity contribution in [3.05, 3.63) is 247 Å². The second kappa shape index (κ2) is 13.2. The molecule has 0 amide bonds. The highest BCUT2D eigenvalue weighted by molar-refractivity contribution is 6.14. The fourth-order valence-corrected chi connectivity index (χ4v) is 10.1. The summed E-state index contributed by atoms with van der Waals surface area (Å²) in [6.07, 6.45) is 0. The van der Waals surface area contributed by atoms with Crippen LogP contribution in [0.3, 0.4) is 0 Å². The molecule has 0 saturated carbocycles. The van der Waals surface area contributed by atoms with Crippen LogP contribution in [-0.4, -0.2) is 0 Å². The van der Waals surface area contributed by atoms with Crippen LogP contribution in [0, 0.1) is 0 Å². The average molecular weight is 752 g/mol. The highest BCUT2D eigenvalue weighted by atomic mass is 16.3. The van der Waals surface area contributed by atoms with Crippen LogP contribution in [0.1, 0.15) is 22.3 Å². The third-order valence-electron chi connectivity index (χ3n) is 12.5. The summed E-state index contributed by atoms with van der Waals surface area (Å²) < 4.78 is 6.28. The van der Waals surface area contributed by atoms with E-state index in [0.29, 0.717) is 0 Å². The summed E-state index contributed by atoms with van der Waals surface area (Å²) in [7, 11) is 0. The van der Waals surface area contributed by atoms with Crippen LogP contribution in [0.25, 0.3) is 65.7 Å². The van der Waals surface area contributed by atoms with E-state index < -0.39 is 5.41 Å². The van der Waals surface area contributed by atoms with Crippen molar-refractivity contribution in [3.63, 3.8) is 0 Å². The maximum absolute atomic E-state index is 6.28. The Labute approximate surface area is 342 Å². The molecule has 276 valence electrons. The molecule has 0 unspecified atom stereocenters. The van der Waals surface area contributed by atoms with Crippen molar-refractivity contribution >= 4 is 60.5 Å². The number of fused-ring (bicyclic) bond motifs is 9. The third-order valence-corrected chi connectivity index (χ3v) is 12.5. The predicted octanol–water partition coefficient (Wildman–Crippen LogP) is 15.4. The molecular formula is C57H37NO. The number of para-hydroxylation sites is 2. The Kier molecular flexibility index (Phi) is 7.48. The fraction of sp³-hybridized carbons (Fsp3) is 0.0175. The third kappa shape index (κ3) is 4.93. The molecule has 1 aliphatic rings. The van der Waals surface area contributed by atoms with Crippen LogP contribution in [0.2, 0.25) is 0 Å². The molecule has 11 aromatic rings. The molecule has 2 nitrogen and oxygen atoms in total. The van der Waals surface area contributed by atoms with Gasteiger partial charge in [0.05, 0.1) is 11.1 Å². The van der Waals surface area contributed by atoms with Crippen LogP contribution in [0.4, 0.5) is 17.1 Å². The summed E-state index contributed by atoms with van der Waals surface area (Å²) >= 11 is 0. The van der Waals surface area contributed by atoms with E-state index in [9.17, 15) is 0 Å². The minimum Gasteiger partial charge on any atom is -0.456 e. The molecule has 2 heteroatoms. The number of rotatable bonds is 6. The summed E-state index contributed by atoms with van der Waals surface area (Å²) in [5, 5.41) is 7.10. The second-order valence-electron chi connectivity index (χ2n) is 15.6. The van der Waals surface area contributed by atoms with Gasteiger partial charge in [0.2, 0.25) is 0 Å². The molecule has 10 aromatic carbocycles. The maximum atomic E-state index is 6.28. The van der Waals surface area contributed by atoms with Gasteiger partial charge in [-0.1, -0.05) is 176 Å². The minimum atomic E-state index is -0.528. The first-order chi connectivity index (χ1) is 29.3. The minimum absolute atomic E-state index is 0.528. The van der Waals surface area contributed by atoms with Crippen molar-refractivity contribution in [1.82, 2.24) is 0 Å². The maximum Gasteiger partial charge on any atom is 0.135 e. The van der Waals surface area contributed by atoms with Gasteiger partial charge in [-0.2, -0.15) is 0 Å². The number of benzene rings is 10. The van der Waals surface area contributed by atoms with Gasteiger partial charge < -0.3 is 9.32 Å². The lowest BCUT2D eigenvalue weighted by Crippen LogP contribution is -2.28. The number of nitrogens with zero attached hydrogens (tertiary/aromatic N) is 1. The van der Waals surface area contributed by atoms with Gasteiger partial charge in [-0.25, -0.2) is 0 Å². The molecule has 1 aromatic heterocycles. The monoisotopic (exact) mass is 751 g/mol. The molecule has 59 heavy (non-hydrogen) atoms. The van der Waals surface area contributed by atoms with E-state index in [1.807, 2.05) is 12.1 Å². The lowest BCUT2D eigenvalue weighted by molar-refractivity contribution is 0.669. The first-order valence-corrected chi connectivity index (χ1v) is 20.3. The van der Waals surface area contributed by atoms with E-state index in [-0.39, 0.29) is 0 Å². The van der Waals surface area contributed by atoms with E-state index in [1.54, 1.807) is 0 Å². The highest BCUT2D eigenvalue weighted by Gasteiger charge is 2.48. The van der Waals surface area contributed by atoms with E-state index >= 15 is 0 Å². The zero-order valence-corrected chi connectivity index (χ0v) is 32.2. The van der Waals surface area contributed by atoms with Crippen molar-refractivity contribution in [2.75, 3.05) is 4.90 Å². The van der Waals surface area contributed by atoms with Crippen LogP contribution >= 0.6 is 0 Å². The van der Waals surface area contributed by atoms with Gasteiger partial charge in [-0.3, -0.25) is 0 Å². The first kappa shape index (κ1) is 33.5. The largest absolute Gasteiger partial charge is 0.456 e. The molecular weight excluding hydrogens is 715 g/mol. The Morgan fingerprint density at radius 1 is 0.356 bits per heavy atom. The van der Waals surface area contributed by atoms with Gasteiger partial charge in [-0.05, 0) is 109 Å². The molecule has 0 bridgehead atoms. The van der Waals surface area contributed by atoms with Crippen LogP contribution in [0.5, 0.6) is 0 Å². The molecule has 0 N–H and O–H groups in total. The Morgan fingerprint density at radius 3 is 1.71 bits per heavy atom. The normalized spacial score (nSPS) is 12.9. The van der Waals surface area contributed by atoms with Gasteiger partial charge in [-0.15, -0.1) is 0 Å². The van der Waals surface area contributed by atoms with E-state index in [2.05, 4.69) is 217 Å². The molecule has 0 radical (unpaired) electrons. The molecule has 0 saturated heterocycles. The molecule has 1 aliphatic carbocycles. The van der Waals surface area contributed by atoms with Gasteiger partial charge in [0.1, 0.15) is 11.2 Å². The Morgan fingerprint density at radius 2 is 0.949 bits per heavy atom. The number of hydrogen-bond acceptors (Lipinski definition) is 2. The van der Waals surface area contributed by atoms with Gasteiger partial charge >= 0.3 is 0 Å². The van der Waals surface area contributed by atoms with Crippen LogP contribution in [0.15, 0.2) is 229 Å². The summed E-state index contributed by atoms with van der Waals surface area (Å²) in [4.78, 5) is 2.39. The van der Waals surface area contributed by atoms with Gasteiger partial charge in [0.25, 0.3) is 0 Å². The summed E-state index contributed by atoms with van der Waals surface area (Å²) in [5.41, 5.74) is 14.7. The van der Waals surface area contributed by atoms with Crippen LogP contribution in [-0.2, 0) is 5.41 Å². The lowest BCUT2D eigenvalue weighted by atomic mass is 9.66. The smallest absolute Gasteiger partial charge is 0.135 e. The topological polar surface area (TPSA) is 16.4 Å². The van der Waals surface area contributed by atoms with Crippen LogP contribution < -0.4 is 4.90 Å². The number of furan rings is 1. The zero-order valence-electron chi connectivity index (χ0n) is 32.2. The average Bonchev–Trinajstić information content (AvgIpc) is 3.84. The predicted molar refractivity (Wildman–Crippen MR) is 246 cm³/mol. The molecule has 0 fully saturated rings. The van der Waals surface area contributed by atoms with Crippen molar-refractivity contribution in [1.29, 1.82) is 0 Å². The van der Waals surface area contributed by atoms with Crippen molar-refractivity contribution in [2.24, 2.45) is 0 Å². The lowest BCUT2D eigenvalue weighted by Gasteiger charge is -2.35. The van der Waals surface area contributed by atoms with Crippen molar-refractivity contribution < 1.29 is 4.42 Å². The summed E-state index contributed by atoms with van der Waals surface area (Å²) in [6.45, 7) is 0. The molecule has 0 spiro atoms. The Hall–Kier alpha value is -7.68. The zero-order chi connectivity index (χ0) is 38.9. The fourth-order valence-electron chi connectivity index (χ4n) is 10.1. The number of anilines is 3. The SMILES string of the molecule is c1ccc(N(c2ccc3oc4ccccc4c3c2)c2ccc(-c3cc4ccccc4c4c3-c3ccccc3C4(c3ccccc3)c3ccccc3)c3ccccc23)cc1. The first-order valence-electron chi connectivity index (χ1n) is 20.3. The second-order valence-corrected chi connectivity index (χ2v) is 15.6. The highest BCUT2D eigenvalue weighted by Crippen LogP contribution is 2.61. The summed E-state index contributed by atoms with van der Waals surface area (Å²) in [5.74, 6) is 0. The van der Waals surface area contributed by atoms with Crippen molar-refractivity contribution in [2.45, 2.75) is 5.41 Å². The standard InChI is InChI=1S/C57H37NO/c1-4-19-39(20-5-1)57(40-21-6-2-7-22-40)51-30-16-14-29-48(51)55-50(36-38-18-10-11-25-43(38)56(55)57)45-33-34-52(46-27-13-12-26-44(45)46)58(41-23-8-3-9-24-41)42-32-35-54-49(37-42)47-28-15-17-31-53(47)59-54/h1-37H. The molecule has 1 heterocycles. The van der Waals surface area contributed by atoms with Gasteiger partial charge in [0.15, 0.2) is 0 Å². The number of hydrogen-bond donors (Lipinski definition) is 0. The van der Waals surface area contributed by atoms with E-state index in [0.717, 1.165) is 39.0 Å². The van der Waals surface area contributed by atoms with E-state index in [1.165, 1.54) is 66.1 Å². The molecule has 0 atom stereocenters. The quantitative estimate of drug-likeness (QED) is 0.168. The molecule has 12 rings (SSSR count). The van der Waals surface area contributed by atoms with Crippen molar-refractivity contribution in [3.8, 4) is 22.3 Å². The van der Waals surface area contributed by atoms with E-state index in [4.69, 9.17) is 4.42 Å². The summed E-state index contributed by atoms with van der Waals surface area (Å²) in [6, 6.07) is 81.9. The van der Waals surface area contributed by atoms with Gasteiger partial charge in [0, 0.05) is 27.5 Å². The Balaban J connectivity index is 1.16.